The van der Waals surface area contributed by atoms with Gasteiger partial charge in [-0.05, 0) is 31.9 Å². The van der Waals surface area contributed by atoms with Crippen molar-refractivity contribution in [2.45, 2.75) is 33.7 Å². The van der Waals surface area contributed by atoms with Crippen LogP contribution in [0.5, 0.6) is 0 Å². The Hall–Kier alpha value is -1.36. The Kier molecular flexibility index (Phi) is 5.34. The molecule has 2 N–H and O–H groups in total. The molecule has 0 aliphatic carbocycles. The molecule has 0 saturated carbocycles. The molecule has 1 amide bonds. The van der Waals surface area contributed by atoms with E-state index in [1.807, 2.05) is 33.9 Å². The lowest BCUT2D eigenvalue weighted by atomic mass is 10.1. The summed E-state index contributed by atoms with van der Waals surface area (Å²) in [5.41, 5.74) is 7.21. The second-order valence-electron chi connectivity index (χ2n) is 4.72. The minimum atomic E-state index is 0.0179. The van der Waals surface area contributed by atoms with Gasteiger partial charge in [0.15, 0.2) is 0 Å². The second kappa shape index (κ2) is 6.54. The summed E-state index contributed by atoms with van der Waals surface area (Å²) in [7, 11) is 1.81. The quantitative estimate of drug-likeness (QED) is 0.825. The van der Waals surface area contributed by atoms with Crippen LogP contribution in [0.1, 0.15) is 37.0 Å². The molecule has 1 rings (SSSR count). The summed E-state index contributed by atoms with van der Waals surface area (Å²) in [6.45, 7) is 8.04. The van der Waals surface area contributed by atoms with Crippen molar-refractivity contribution in [2.24, 2.45) is 11.7 Å². The van der Waals surface area contributed by atoms with Gasteiger partial charge in [-0.3, -0.25) is 9.48 Å². The van der Waals surface area contributed by atoms with Gasteiger partial charge >= 0.3 is 0 Å². The third-order valence-corrected chi connectivity index (χ3v) is 3.05. The molecule has 1 heterocycles. The van der Waals surface area contributed by atoms with Crippen molar-refractivity contribution in [3.63, 3.8) is 0 Å². The minimum absolute atomic E-state index is 0.0179. The molecule has 0 bridgehead atoms. The third-order valence-electron chi connectivity index (χ3n) is 3.05. The van der Waals surface area contributed by atoms with Gasteiger partial charge < -0.3 is 10.6 Å². The van der Waals surface area contributed by atoms with Crippen molar-refractivity contribution in [3.8, 4) is 0 Å². The van der Waals surface area contributed by atoms with Crippen molar-refractivity contribution in [1.82, 2.24) is 14.7 Å². The van der Waals surface area contributed by atoms with Crippen LogP contribution in [-0.4, -0.2) is 40.7 Å². The monoisotopic (exact) mass is 252 g/mol. The molecule has 5 heteroatoms. The van der Waals surface area contributed by atoms with Gasteiger partial charge in [0.1, 0.15) is 5.69 Å². The highest BCUT2D eigenvalue weighted by atomic mass is 16.2. The molecule has 0 aromatic carbocycles. The summed E-state index contributed by atoms with van der Waals surface area (Å²) >= 11 is 0. The van der Waals surface area contributed by atoms with E-state index < -0.39 is 0 Å². The van der Waals surface area contributed by atoms with Crippen LogP contribution in [0.3, 0.4) is 0 Å². The zero-order valence-electron chi connectivity index (χ0n) is 11.8. The Bertz CT molecular complexity index is 400. The summed E-state index contributed by atoms with van der Waals surface area (Å²) in [4.78, 5) is 14.1. The maximum absolute atomic E-state index is 12.3. The van der Waals surface area contributed by atoms with E-state index in [0.29, 0.717) is 31.2 Å². The average molecular weight is 252 g/mol. The summed E-state index contributed by atoms with van der Waals surface area (Å²) < 4.78 is 1.77. The van der Waals surface area contributed by atoms with Crippen molar-refractivity contribution in [1.29, 1.82) is 0 Å². The van der Waals surface area contributed by atoms with Crippen LogP contribution >= 0.6 is 0 Å². The lowest BCUT2D eigenvalue weighted by Gasteiger charge is -2.20. The maximum atomic E-state index is 12.3. The van der Waals surface area contributed by atoms with Gasteiger partial charge in [0, 0.05) is 20.1 Å². The number of nitrogens with two attached hydrogens (primary N) is 1. The number of rotatable bonds is 6. The Morgan fingerprint density at radius 2 is 2.22 bits per heavy atom. The molecule has 0 aliphatic rings. The zero-order valence-corrected chi connectivity index (χ0v) is 11.8. The number of hydrogen-bond donors (Lipinski definition) is 1. The predicted octanol–water partition coefficient (Wildman–Crippen LogP) is 1.13. The SMILES string of the molecule is CCc1cc(C(=O)N(C)CC(C)CN)n(CC)n1. The molecule has 1 aromatic heterocycles. The van der Waals surface area contributed by atoms with Gasteiger partial charge in [-0.25, -0.2) is 0 Å². The molecule has 1 unspecified atom stereocenters. The van der Waals surface area contributed by atoms with Crippen LogP contribution in [0.4, 0.5) is 0 Å². The molecule has 0 saturated heterocycles. The van der Waals surface area contributed by atoms with Crippen LogP contribution in [0.2, 0.25) is 0 Å². The Labute approximate surface area is 109 Å². The number of amides is 1. The van der Waals surface area contributed by atoms with E-state index in [9.17, 15) is 4.79 Å². The highest BCUT2D eigenvalue weighted by Gasteiger charge is 2.19. The number of nitrogens with zero attached hydrogens (tertiary/aromatic N) is 3. The summed E-state index contributed by atoms with van der Waals surface area (Å²) in [5.74, 6) is 0.326. The summed E-state index contributed by atoms with van der Waals surface area (Å²) in [6.07, 6.45) is 0.843. The molecule has 0 radical (unpaired) electrons. The van der Waals surface area contributed by atoms with Crippen LogP contribution in [0, 0.1) is 5.92 Å². The first kappa shape index (κ1) is 14.7. The van der Waals surface area contributed by atoms with Crippen molar-refractivity contribution >= 4 is 5.91 Å². The van der Waals surface area contributed by atoms with Crippen LogP contribution in [0.15, 0.2) is 6.07 Å². The standard InChI is InChI=1S/C13H24N4O/c1-5-11-7-12(17(6-2)15-11)13(18)16(4)9-10(3)8-14/h7,10H,5-6,8-9,14H2,1-4H3. The van der Waals surface area contributed by atoms with E-state index >= 15 is 0 Å². The van der Waals surface area contributed by atoms with Gasteiger partial charge in [-0.15, -0.1) is 0 Å². The third kappa shape index (κ3) is 3.32. The van der Waals surface area contributed by atoms with Gasteiger partial charge in [-0.2, -0.15) is 5.10 Å². The molecule has 5 nitrogen and oxygen atoms in total. The molecule has 1 aromatic rings. The van der Waals surface area contributed by atoms with E-state index in [1.165, 1.54) is 0 Å². The van der Waals surface area contributed by atoms with E-state index in [1.54, 1.807) is 9.58 Å². The summed E-state index contributed by atoms with van der Waals surface area (Å²) in [6, 6.07) is 1.88. The molecule has 18 heavy (non-hydrogen) atoms. The normalized spacial score (nSPS) is 12.5. The van der Waals surface area contributed by atoms with Gasteiger partial charge in [0.25, 0.3) is 5.91 Å². The topological polar surface area (TPSA) is 64.2 Å². The van der Waals surface area contributed by atoms with Gasteiger partial charge in [-0.1, -0.05) is 13.8 Å². The molecule has 1 atom stereocenters. The lowest BCUT2D eigenvalue weighted by molar-refractivity contribution is 0.0765. The van der Waals surface area contributed by atoms with Crippen molar-refractivity contribution in [2.75, 3.05) is 20.1 Å². The largest absolute Gasteiger partial charge is 0.340 e. The fourth-order valence-corrected chi connectivity index (χ4v) is 1.88. The predicted molar refractivity (Wildman–Crippen MR) is 72.5 cm³/mol. The molecule has 0 fully saturated rings. The number of aryl methyl sites for hydroxylation is 2. The molecular formula is C13H24N4O. The van der Waals surface area contributed by atoms with Crippen molar-refractivity contribution in [3.05, 3.63) is 17.5 Å². The smallest absolute Gasteiger partial charge is 0.271 e. The minimum Gasteiger partial charge on any atom is -0.340 e. The Morgan fingerprint density at radius 3 is 2.72 bits per heavy atom. The number of aromatic nitrogens is 2. The molecular weight excluding hydrogens is 228 g/mol. The zero-order chi connectivity index (χ0) is 13.7. The Balaban J connectivity index is 2.85. The number of carbonyl (C=O) groups excluding carboxylic acids is 1. The van der Waals surface area contributed by atoms with Crippen LogP contribution < -0.4 is 5.73 Å². The van der Waals surface area contributed by atoms with E-state index in [4.69, 9.17) is 5.73 Å². The first-order chi connectivity index (χ1) is 8.53. The van der Waals surface area contributed by atoms with Crippen LogP contribution in [-0.2, 0) is 13.0 Å². The first-order valence-electron chi connectivity index (χ1n) is 6.55. The van der Waals surface area contributed by atoms with Crippen molar-refractivity contribution < 1.29 is 4.79 Å². The Morgan fingerprint density at radius 1 is 1.56 bits per heavy atom. The van der Waals surface area contributed by atoms with Gasteiger partial charge in [0.2, 0.25) is 0 Å². The average Bonchev–Trinajstić information content (AvgIpc) is 2.80. The number of carbonyl (C=O) groups is 1. The highest BCUT2D eigenvalue weighted by Crippen LogP contribution is 2.09. The van der Waals surface area contributed by atoms with E-state index in [2.05, 4.69) is 5.10 Å². The lowest BCUT2D eigenvalue weighted by Crippen LogP contribution is -2.34. The number of hydrogen-bond acceptors (Lipinski definition) is 3. The summed E-state index contributed by atoms with van der Waals surface area (Å²) in [5, 5.41) is 4.39. The second-order valence-corrected chi connectivity index (χ2v) is 4.72. The van der Waals surface area contributed by atoms with E-state index in [-0.39, 0.29) is 5.91 Å². The van der Waals surface area contributed by atoms with Crippen LogP contribution in [0.25, 0.3) is 0 Å². The molecule has 102 valence electrons. The fraction of sp³-hybridized carbons (Fsp3) is 0.692. The fourth-order valence-electron chi connectivity index (χ4n) is 1.88. The maximum Gasteiger partial charge on any atom is 0.271 e. The van der Waals surface area contributed by atoms with E-state index in [0.717, 1.165) is 12.1 Å². The highest BCUT2D eigenvalue weighted by molar-refractivity contribution is 5.92. The first-order valence-corrected chi connectivity index (χ1v) is 6.55. The molecule has 0 spiro atoms. The van der Waals surface area contributed by atoms with Gasteiger partial charge in [0.05, 0.1) is 5.69 Å². The molecule has 0 aliphatic heterocycles.